The van der Waals surface area contributed by atoms with Gasteiger partial charge < -0.3 is 24.6 Å². The summed E-state index contributed by atoms with van der Waals surface area (Å²) in [6.07, 6.45) is 0.853. The lowest BCUT2D eigenvalue weighted by molar-refractivity contribution is -0.118. The zero-order valence-electron chi connectivity index (χ0n) is 22.2. The monoisotopic (exact) mass is 541 g/mol. The number of aromatic nitrogens is 1. The number of aromatic hydroxyl groups is 1. The molecule has 2 aliphatic rings. The molecule has 9 heteroatoms. The number of nitrogens with two attached hydrogens (primary N) is 1. The Hall–Kier alpha value is -4.37. The molecule has 4 aromatic rings. The van der Waals surface area contributed by atoms with Crippen LogP contribution in [0.5, 0.6) is 11.5 Å². The first-order valence-electron chi connectivity index (χ1n) is 13.4. The molecule has 2 aromatic heterocycles. The van der Waals surface area contributed by atoms with Gasteiger partial charge in [-0.15, -0.1) is 0 Å². The second-order valence-corrected chi connectivity index (χ2v) is 10.8. The molecule has 2 bridgehead atoms. The molecule has 4 heterocycles. The van der Waals surface area contributed by atoms with Crippen molar-refractivity contribution < 1.29 is 19.1 Å². The molecule has 3 atom stereocenters. The highest BCUT2D eigenvalue weighted by Gasteiger charge is 2.35. The number of fused-ring (bicyclic) bond motifs is 5. The zero-order chi connectivity index (χ0) is 28.0. The molecule has 2 aliphatic heterocycles. The van der Waals surface area contributed by atoms with E-state index in [1.165, 1.54) is 6.07 Å². The van der Waals surface area contributed by atoms with Crippen molar-refractivity contribution >= 4 is 16.7 Å². The lowest BCUT2D eigenvalue weighted by Gasteiger charge is -2.42. The minimum absolute atomic E-state index is 0.0192. The van der Waals surface area contributed by atoms with Gasteiger partial charge in [0.05, 0.1) is 19.6 Å². The van der Waals surface area contributed by atoms with Gasteiger partial charge >= 0.3 is 0 Å². The fraction of sp³-hybridized carbons (Fsp3) is 0.323. The van der Waals surface area contributed by atoms with E-state index >= 15 is 0 Å². The molecule has 1 amide bonds. The van der Waals surface area contributed by atoms with Crippen LogP contribution in [0.15, 0.2) is 74.7 Å². The summed E-state index contributed by atoms with van der Waals surface area (Å²) >= 11 is 0. The third-order valence-corrected chi connectivity index (χ3v) is 8.17. The van der Waals surface area contributed by atoms with Crippen molar-refractivity contribution in [3.05, 3.63) is 104 Å². The molecular formula is C31H31N3O6. The van der Waals surface area contributed by atoms with E-state index in [1.54, 1.807) is 25.3 Å². The predicted molar refractivity (Wildman–Crippen MR) is 150 cm³/mol. The molecule has 6 rings (SSSR count). The molecule has 40 heavy (non-hydrogen) atoms. The van der Waals surface area contributed by atoms with Crippen LogP contribution in [0.3, 0.4) is 0 Å². The first kappa shape index (κ1) is 25.9. The molecule has 0 radical (unpaired) electrons. The number of primary amides is 1. The van der Waals surface area contributed by atoms with Crippen molar-refractivity contribution in [3.8, 4) is 11.5 Å². The standard InChI is InChI=1S/C31H31N3O6/c1-39-27-10-9-22(21-5-2-3-6-23(21)27)24(13-28(32)36)31-30(38)26(35)12-20(40-31)17-33-14-18-11-19(16-33)25-7-4-8-29(37)34(25)15-18/h2-10,12,18-19,24,38H,11,13-17H2,1H3,(H2,32,36)/t18-,19+,24+/m1/s1. The van der Waals surface area contributed by atoms with Crippen LogP contribution < -0.4 is 21.5 Å². The molecule has 206 valence electrons. The van der Waals surface area contributed by atoms with Gasteiger partial charge in [-0.05, 0) is 35.4 Å². The highest BCUT2D eigenvalue weighted by atomic mass is 16.5. The molecule has 1 fully saturated rings. The summed E-state index contributed by atoms with van der Waals surface area (Å²) in [4.78, 5) is 39.8. The summed E-state index contributed by atoms with van der Waals surface area (Å²) in [5.74, 6) is -0.299. The number of pyridine rings is 1. The first-order chi connectivity index (χ1) is 19.3. The molecule has 0 spiro atoms. The number of hydrogen-bond donors (Lipinski definition) is 2. The molecule has 3 N–H and O–H groups in total. The SMILES string of the molecule is COc1ccc([C@H](CC(N)=O)c2oc(CN3C[C@H]4C[C@@H](C3)c3cccc(=O)n3C4)cc(=O)c2O)c2ccccc12. The molecule has 2 aromatic carbocycles. The topological polar surface area (TPSA) is 128 Å². The maximum absolute atomic E-state index is 13.0. The second-order valence-electron chi connectivity index (χ2n) is 10.8. The van der Waals surface area contributed by atoms with Crippen LogP contribution in [0.4, 0.5) is 0 Å². The summed E-state index contributed by atoms with van der Waals surface area (Å²) in [5, 5.41) is 12.5. The second kappa shape index (κ2) is 10.3. The largest absolute Gasteiger partial charge is 0.502 e. The number of carbonyl (C=O) groups excluding carboxylic acids is 1. The number of benzene rings is 2. The smallest absolute Gasteiger partial charge is 0.250 e. The Morgan fingerprint density at radius 1 is 1.07 bits per heavy atom. The first-order valence-corrected chi connectivity index (χ1v) is 13.4. The highest BCUT2D eigenvalue weighted by Crippen LogP contribution is 2.40. The fourth-order valence-corrected chi connectivity index (χ4v) is 6.54. The molecule has 1 saturated heterocycles. The van der Waals surface area contributed by atoms with Gasteiger partial charge in [-0.25, -0.2) is 0 Å². The predicted octanol–water partition coefficient (Wildman–Crippen LogP) is 3.30. The van der Waals surface area contributed by atoms with E-state index < -0.39 is 23.0 Å². The Balaban J connectivity index is 1.37. The van der Waals surface area contributed by atoms with Gasteiger partial charge in [0.2, 0.25) is 17.1 Å². The number of ether oxygens (including phenoxy) is 1. The minimum Gasteiger partial charge on any atom is -0.502 e. The Kier molecular flexibility index (Phi) is 6.67. The lowest BCUT2D eigenvalue weighted by Crippen LogP contribution is -2.46. The van der Waals surface area contributed by atoms with E-state index in [0.29, 0.717) is 42.6 Å². The van der Waals surface area contributed by atoms with Gasteiger partial charge in [-0.3, -0.25) is 19.3 Å². The average Bonchev–Trinajstić information content (AvgIpc) is 2.94. The fourth-order valence-electron chi connectivity index (χ4n) is 6.54. The van der Waals surface area contributed by atoms with Gasteiger partial charge in [0.25, 0.3) is 5.56 Å². The maximum Gasteiger partial charge on any atom is 0.250 e. The van der Waals surface area contributed by atoms with Crippen molar-refractivity contribution in [2.75, 3.05) is 20.2 Å². The van der Waals surface area contributed by atoms with Crippen LogP contribution in [0.25, 0.3) is 10.8 Å². The number of methoxy groups -OCH3 is 1. The van der Waals surface area contributed by atoms with E-state index in [-0.39, 0.29) is 23.7 Å². The van der Waals surface area contributed by atoms with Gasteiger partial charge in [0, 0.05) is 55.2 Å². The molecular weight excluding hydrogens is 510 g/mol. The van der Waals surface area contributed by atoms with Crippen molar-refractivity contribution in [2.45, 2.75) is 37.8 Å². The third-order valence-electron chi connectivity index (χ3n) is 8.17. The van der Waals surface area contributed by atoms with Gasteiger partial charge in [0.15, 0.2) is 5.76 Å². The highest BCUT2D eigenvalue weighted by molar-refractivity contribution is 5.92. The lowest BCUT2D eigenvalue weighted by atomic mass is 9.83. The number of likely N-dealkylation sites (tertiary alicyclic amines) is 1. The van der Waals surface area contributed by atoms with E-state index in [4.69, 9.17) is 14.9 Å². The quantitative estimate of drug-likeness (QED) is 0.367. The van der Waals surface area contributed by atoms with Crippen LogP contribution in [0.2, 0.25) is 0 Å². The minimum atomic E-state index is -0.777. The average molecular weight is 542 g/mol. The van der Waals surface area contributed by atoms with Crippen LogP contribution in [-0.4, -0.2) is 40.7 Å². The number of piperidine rings is 1. The summed E-state index contributed by atoms with van der Waals surface area (Å²) < 4.78 is 13.6. The summed E-state index contributed by atoms with van der Waals surface area (Å²) in [6.45, 7) is 2.50. The van der Waals surface area contributed by atoms with Crippen LogP contribution in [0.1, 0.15) is 47.5 Å². The molecule has 0 aliphatic carbocycles. The van der Waals surface area contributed by atoms with Gasteiger partial charge in [0.1, 0.15) is 11.5 Å². The van der Waals surface area contributed by atoms with Crippen molar-refractivity contribution in [2.24, 2.45) is 11.7 Å². The van der Waals surface area contributed by atoms with E-state index in [1.807, 2.05) is 41.0 Å². The Morgan fingerprint density at radius 2 is 1.88 bits per heavy atom. The number of rotatable bonds is 7. The summed E-state index contributed by atoms with van der Waals surface area (Å²) in [6, 6.07) is 17.9. The Labute approximate surface area is 230 Å². The number of amides is 1. The van der Waals surface area contributed by atoms with Crippen LogP contribution in [0, 0.1) is 5.92 Å². The zero-order valence-corrected chi connectivity index (χ0v) is 22.2. The van der Waals surface area contributed by atoms with Crippen LogP contribution in [-0.2, 0) is 17.9 Å². The van der Waals surface area contributed by atoms with E-state index in [2.05, 4.69) is 4.90 Å². The van der Waals surface area contributed by atoms with Crippen LogP contribution >= 0.6 is 0 Å². The summed E-state index contributed by atoms with van der Waals surface area (Å²) in [7, 11) is 1.59. The van der Waals surface area contributed by atoms with Crippen molar-refractivity contribution in [3.63, 3.8) is 0 Å². The normalized spacial score (nSPS) is 19.2. The van der Waals surface area contributed by atoms with E-state index in [9.17, 15) is 19.5 Å². The van der Waals surface area contributed by atoms with Gasteiger partial charge in [-0.2, -0.15) is 0 Å². The molecule has 0 saturated carbocycles. The molecule has 0 unspecified atom stereocenters. The maximum atomic E-state index is 13.0. The number of hydrogen-bond acceptors (Lipinski definition) is 7. The third kappa shape index (κ3) is 4.66. The summed E-state index contributed by atoms with van der Waals surface area (Å²) in [5.41, 5.74) is 6.84. The molecule has 9 nitrogen and oxygen atoms in total. The number of carbonyl (C=O) groups is 1. The Morgan fingerprint density at radius 3 is 2.65 bits per heavy atom. The Bertz CT molecular complexity index is 1720. The number of nitrogens with zero attached hydrogens (tertiary/aromatic N) is 2. The van der Waals surface area contributed by atoms with Crippen molar-refractivity contribution in [1.29, 1.82) is 0 Å². The van der Waals surface area contributed by atoms with Gasteiger partial charge in [-0.1, -0.05) is 36.4 Å². The van der Waals surface area contributed by atoms with Crippen molar-refractivity contribution in [1.82, 2.24) is 9.47 Å². The van der Waals surface area contributed by atoms with E-state index in [0.717, 1.165) is 29.4 Å².